The first-order valence-corrected chi connectivity index (χ1v) is 42.9. The van der Waals surface area contributed by atoms with Crippen LogP contribution in [0.1, 0.15) is 418 Å². The van der Waals surface area contributed by atoms with Gasteiger partial charge < -0.3 is 23.7 Å². The fraction of sp³-hybridized carbons (Fsp3) is 0.787. The van der Waals surface area contributed by atoms with Gasteiger partial charge in [-0.25, -0.2) is 0 Å². The Hall–Kier alpha value is -2.80. The average Bonchev–Trinajstić information content (AvgIpc) is 3.63. The molecule has 0 saturated heterocycles. The molecular formula is C94H178O5. The van der Waals surface area contributed by atoms with Crippen LogP contribution in [0.15, 0.2) is 122 Å². The van der Waals surface area contributed by atoms with Crippen LogP contribution in [-0.2, 0) is 23.7 Å². The van der Waals surface area contributed by atoms with E-state index in [-0.39, 0.29) is 0 Å². The average molecular weight is 1390 g/mol. The van der Waals surface area contributed by atoms with Crippen molar-refractivity contribution in [3.05, 3.63) is 122 Å². The van der Waals surface area contributed by atoms with E-state index in [2.05, 4.69) is 199 Å². The highest BCUT2D eigenvalue weighted by molar-refractivity contribution is 5.11. The summed E-state index contributed by atoms with van der Waals surface area (Å²) >= 11 is 0. The molecule has 0 aliphatic heterocycles. The second-order valence-corrected chi connectivity index (χ2v) is 28.8. The van der Waals surface area contributed by atoms with Crippen molar-refractivity contribution in [2.24, 2.45) is 0 Å². The minimum absolute atomic E-state index is 0.331. The number of hydrogen-bond acceptors (Lipinski definition) is 5. The molecule has 0 heterocycles. The quantitative estimate of drug-likeness (QED) is 0.0345. The lowest BCUT2D eigenvalue weighted by Gasteiger charge is -2.06. The molecule has 0 N–H and O–H groups in total. The Morgan fingerprint density at radius 1 is 0.212 bits per heavy atom. The van der Waals surface area contributed by atoms with E-state index in [1.807, 2.05) is 13.8 Å². The lowest BCUT2D eigenvalue weighted by atomic mass is 10.1. The zero-order chi connectivity index (χ0) is 73.7. The molecule has 0 atom stereocenters. The first kappa shape index (κ1) is 105. The normalized spacial score (nSPS) is 12.1. The van der Waals surface area contributed by atoms with Crippen LogP contribution in [0.3, 0.4) is 0 Å². The lowest BCUT2D eigenvalue weighted by Crippen LogP contribution is -2.03. The van der Waals surface area contributed by atoms with Crippen molar-refractivity contribution in [1.29, 1.82) is 0 Å². The topological polar surface area (TPSA) is 46.2 Å². The second kappa shape index (κ2) is 102. The Bertz CT molecular complexity index is 1690. The van der Waals surface area contributed by atoms with Gasteiger partial charge in [0, 0.05) is 26.4 Å². The van der Waals surface area contributed by atoms with Gasteiger partial charge in [0.15, 0.2) is 0 Å². The molecule has 0 saturated carbocycles. The van der Waals surface area contributed by atoms with Crippen molar-refractivity contribution in [2.45, 2.75) is 448 Å². The van der Waals surface area contributed by atoms with Crippen LogP contribution < -0.4 is 0 Å². The molecule has 0 radical (unpaired) electrons. The summed E-state index contributed by atoms with van der Waals surface area (Å²) in [6.07, 6.45) is 111. The Kier molecular flexibility index (Phi) is 108. The maximum atomic E-state index is 5.57. The van der Waals surface area contributed by atoms with Crippen molar-refractivity contribution in [3.8, 4) is 0 Å². The molecule has 0 amide bonds. The van der Waals surface area contributed by atoms with E-state index in [0.29, 0.717) is 37.1 Å². The van der Waals surface area contributed by atoms with Gasteiger partial charge in [0.25, 0.3) is 0 Å². The van der Waals surface area contributed by atoms with Gasteiger partial charge in [-0.15, -0.1) is 6.58 Å². The molecule has 5 heteroatoms. The van der Waals surface area contributed by atoms with E-state index in [9.17, 15) is 0 Å². The van der Waals surface area contributed by atoms with E-state index >= 15 is 0 Å². The van der Waals surface area contributed by atoms with Crippen LogP contribution in [0.5, 0.6) is 0 Å². The Morgan fingerprint density at radius 2 is 0.424 bits per heavy atom. The van der Waals surface area contributed by atoms with Gasteiger partial charge in [-0.2, -0.15) is 0 Å². The Balaban J connectivity index is -0.000000384. The molecule has 99 heavy (non-hydrogen) atoms. The zero-order valence-electron chi connectivity index (χ0n) is 69.5. The number of ether oxygens (including phenoxy) is 5. The third kappa shape index (κ3) is 125. The second-order valence-electron chi connectivity index (χ2n) is 28.8. The van der Waals surface area contributed by atoms with Crippen molar-refractivity contribution < 1.29 is 23.7 Å². The zero-order valence-corrected chi connectivity index (χ0v) is 69.5. The molecule has 0 aromatic heterocycles. The Labute approximate surface area is 623 Å². The van der Waals surface area contributed by atoms with Gasteiger partial charge in [0.05, 0.1) is 37.1 Å². The van der Waals surface area contributed by atoms with Crippen molar-refractivity contribution >= 4 is 0 Å². The van der Waals surface area contributed by atoms with Gasteiger partial charge in [-0.1, -0.05) is 329 Å². The van der Waals surface area contributed by atoms with Crippen LogP contribution in [0.4, 0.5) is 0 Å². The predicted octanol–water partition coefficient (Wildman–Crippen LogP) is 31.8. The first-order chi connectivity index (χ1) is 48.4. The molecule has 0 aromatic carbocycles. The molecule has 0 unspecified atom stereocenters. The molecule has 584 valence electrons. The van der Waals surface area contributed by atoms with Gasteiger partial charge in [0.2, 0.25) is 0 Å². The maximum Gasteiger partial charge on any atom is 0.0648 e. The van der Waals surface area contributed by atoms with Crippen LogP contribution in [0.2, 0.25) is 0 Å². The van der Waals surface area contributed by atoms with E-state index in [4.69, 9.17) is 23.7 Å². The summed E-state index contributed by atoms with van der Waals surface area (Å²) in [5.41, 5.74) is 0. The van der Waals surface area contributed by atoms with E-state index in [0.717, 1.165) is 52.1 Å². The monoisotopic (exact) mass is 1390 g/mol. The molecule has 0 aliphatic rings. The third-order valence-corrected chi connectivity index (χ3v) is 16.5. The minimum atomic E-state index is 0.331. The number of hydrogen-bond donors (Lipinski definition) is 0. The number of rotatable bonds is 70. The molecule has 0 spiro atoms. The van der Waals surface area contributed by atoms with Crippen LogP contribution >= 0.6 is 0 Å². The predicted molar refractivity (Wildman–Crippen MR) is 451 cm³/mol. The molecule has 5 nitrogen and oxygen atoms in total. The van der Waals surface area contributed by atoms with E-state index in [1.165, 1.54) is 295 Å². The highest BCUT2D eigenvalue weighted by atomic mass is 16.5. The van der Waals surface area contributed by atoms with Crippen molar-refractivity contribution in [3.63, 3.8) is 0 Å². The molecule has 0 aliphatic carbocycles. The fourth-order valence-corrected chi connectivity index (χ4v) is 10.5. The summed E-state index contributed by atoms with van der Waals surface area (Å²) in [6.45, 7) is 37.7. The van der Waals surface area contributed by atoms with Crippen LogP contribution in [-0.4, -0.2) is 63.6 Å². The standard InChI is InChI=1S/C25H50O.C21H40O.2C21H38O.C6H12O/c1-4-5-6-7-8-9-10-11-12-13-14-15-16-17-18-19-20-21-22-23-24-26-25(2)3;3*1-4-5-6-7-8-9-10-11-12-13-14-15-16-17-18-19-20-22-21(2)3;1-4-5-7-6(2)3/h15-16,25H,4-14,17-24H2,1-3H3;8-9,11-12,21H,4-7,10,13-20H2,1-3H3;7-12,21H,4-6,13-20H2,1-3H3;5-6,8-9,11-12,21H,4,7,10,13-20H2,1-3H3;4,6H,1,5H2,2-3H3/b16-15-;9-8-,12-11-;8-7+,10-9+,12-11-;6-5-,9-8-,12-11-;. The van der Waals surface area contributed by atoms with Gasteiger partial charge >= 0.3 is 0 Å². The smallest absolute Gasteiger partial charge is 0.0648 e. The highest BCUT2D eigenvalue weighted by Gasteiger charge is 1.99. The highest BCUT2D eigenvalue weighted by Crippen LogP contribution is 2.15. The molecular weight excluding hydrogens is 1210 g/mol. The van der Waals surface area contributed by atoms with Crippen LogP contribution in [0, 0.1) is 0 Å². The largest absolute Gasteiger partial charge is 0.379 e. The van der Waals surface area contributed by atoms with E-state index in [1.54, 1.807) is 6.08 Å². The molecule has 0 aromatic rings. The summed E-state index contributed by atoms with van der Waals surface area (Å²) in [4.78, 5) is 0. The summed E-state index contributed by atoms with van der Waals surface area (Å²) in [6, 6.07) is 0. The summed E-state index contributed by atoms with van der Waals surface area (Å²) in [5, 5.41) is 0. The van der Waals surface area contributed by atoms with E-state index < -0.39 is 0 Å². The SMILES string of the molecule is C=CCOC(C)C.CC/C=C\C/C=C\C/C=C\CCCCCCCCOC(C)C.CCCC/C=C/C=C/C=C\CCCCCCCCOC(C)C.CCCCC/C=C\C/C=C\CCCCCCCCOC(C)C.CCCCCCCCCCCC/C=C\CCCCCCCCOC(C)C. The number of unbranched alkanes of at least 4 members (excludes halogenated alkanes) is 39. The van der Waals surface area contributed by atoms with Crippen molar-refractivity contribution in [2.75, 3.05) is 33.0 Å². The van der Waals surface area contributed by atoms with Crippen molar-refractivity contribution in [1.82, 2.24) is 0 Å². The molecule has 0 fully saturated rings. The third-order valence-electron chi connectivity index (χ3n) is 16.5. The lowest BCUT2D eigenvalue weighted by molar-refractivity contribution is 0.0754. The van der Waals surface area contributed by atoms with Crippen LogP contribution in [0.25, 0.3) is 0 Å². The van der Waals surface area contributed by atoms with Gasteiger partial charge in [0.1, 0.15) is 0 Å². The van der Waals surface area contributed by atoms with Gasteiger partial charge in [-0.05, 0) is 204 Å². The minimum Gasteiger partial charge on any atom is -0.379 e. The number of allylic oxidation sites excluding steroid dienone is 18. The maximum absolute atomic E-state index is 5.57. The molecule has 0 bridgehead atoms. The molecule has 0 rings (SSSR count). The summed E-state index contributed by atoms with van der Waals surface area (Å²) in [7, 11) is 0. The first-order valence-electron chi connectivity index (χ1n) is 42.9. The summed E-state index contributed by atoms with van der Waals surface area (Å²) in [5.74, 6) is 0. The van der Waals surface area contributed by atoms with Gasteiger partial charge in [-0.3, -0.25) is 0 Å². The summed E-state index contributed by atoms with van der Waals surface area (Å²) < 4.78 is 27.3. The Morgan fingerprint density at radius 3 is 0.687 bits per heavy atom. The fourth-order valence-electron chi connectivity index (χ4n) is 10.5.